The van der Waals surface area contributed by atoms with E-state index in [1.165, 1.54) is 0 Å². The van der Waals surface area contributed by atoms with Crippen LogP contribution in [0.3, 0.4) is 0 Å². The summed E-state index contributed by atoms with van der Waals surface area (Å²) in [4.78, 5) is 0. The van der Waals surface area contributed by atoms with Crippen LogP contribution in [0, 0.1) is 0 Å². The fourth-order valence-electron chi connectivity index (χ4n) is 7.85. The molecule has 1 nitrogen and oxygen atoms in total. The summed E-state index contributed by atoms with van der Waals surface area (Å²) in [6, 6.07) is 37.0. The number of hydrogen-bond acceptors (Lipinski definition) is 1. The van der Waals surface area contributed by atoms with Gasteiger partial charge in [-0.3, -0.25) is 0 Å². The van der Waals surface area contributed by atoms with E-state index in [0.717, 1.165) is 59.4 Å². The molecule has 10 aromatic carbocycles. The van der Waals surface area contributed by atoms with Crippen molar-refractivity contribution in [2.45, 2.75) is 0 Å². The van der Waals surface area contributed by atoms with Gasteiger partial charge in [0.25, 0.3) is 0 Å². The van der Waals surface area contributed by atoms with E-state index in [1.807, 2.05) is 91.0 Å². The zero-order valence-electron chi connectivity index (χ0n) is 34.0. The molecule has 0 N–H and O–H groups in total. The van der Waals surface area contributed by atoms with Gasteiger partial charge in [-0.1, -0.05) is 145 Å². The first kappa shape index (κ1) is 20.0. The maximum atomic E-state index is 9.40. The number of hydrogen-bond donors (Lipinski definition) is 0. The average molecular weight is 629 g/mol. The molecule has 0 saturated heterocycles. The minimum Gasteiger partial charge on any atom is -0.455 e. The van der Waals surface area contributed by atoms with Crippen molar-refractivity contribution in [1.82, 2.24) is 0 Å². The highest BCUT2D eigenvalue weighted by molar-refractivity contribution is 6.25. The predicted molar refractivity (Wildman–Crippen MR) is 210 cm³/mol. The lowest BCUT2D eigenvalue weighted by Gasteiger charge is -2.18. The van der Waals surface area contributed by atoms with Gasteiger partial charge in [-0.05, 0) is 106 Å². The number of fused-ring (bicyclic) bond motifs is 12. The average Bonchev–Trinajstić information content (AvgIpc) is 3.62. The molecule has 0 radical (unpaired) electrons. The summed E-state index contributed by atoms with van der Waals surface area (Å²) >= 11 is 0. The van der Waals surface area contributed by atoms with Crippen molar-refractivity contribution >= 4 is 86.6 Å². The smallest absolute Gasteiger partial charge is 0.143 e. The standard InChI is InChI=1S/C48H28O/c1-3-11-35-29(9-1)18-20-32-27-33(22-24-36(32)35)45-39-13-5-7-15-41(39)46(42-16-8-6-14-40(42)45)34-23-25-38-43-26-21-31-19-17-30-10-2-4-12-37(30)47(31)48(43)49-44(38)28-34/h1-28H/i5D,6D,7D,8D,13D,14D,15D,16D. The summed E-state index contributed by atoms with van der Waals surface area (Å²) in [6.45, 7) is 0. The summed E-state index contributed by atoms with van der Waals surface area (Å²) in [6.07, 6.45) is 0. The zero-order chi connectivity index (χ0) is 39.0. The molecule has 0 unspecified atom stereocenters. The van der Waals surface area contributed by atoms with Crippen LogP contribution in [0.1, 0.15) is 11.0 Å². The van der Waals surface area contributed by atoms with E-state index in [0.29, 0.717) is 22.3 Å². The molecule has 1 heteroatoms. The summed E-state index contributed by atoms with van der Waals surface area (Å²) < 4.78 is 79.7. The first-order valence-corrected chi connectivity index (χ1v) is 16.3. The van der Waals surface area contributed by atoms with Crippen LogP contribution >= 0.6 is 0 Å². The lowest BCUT2D eigenvalue weighted by Crippen LogP contribution is -1.91. The molecule has 11 aromatic rings. The van der Waals surface area contributed by atoms with Gasteiger partial charge in [0.1, 0.15) is 11.2 Å². The SMILES string of the molecule is [2H]c1c([2H])c([2H])c2c(-c3ccc4c(c3)oc3c4ccc4ccc5ccccc5c43)c3c([2H])c([2H])c([2H])c([2H])c3c(-c3ccc4c(ccc5ccccc54)c3)c2c1[2H]. The third-order valence-electron chi connectivity index (χ3n) is 10.0. The van der Waals surface area contributed by atoms with Crippen LogP contribution in [0.4, 0.5) is 0 Å². The molecule has 1 aromatic heterocycles. The van der Waals surface area contributed by atoms with Crippen LogP contribution in [0.2, 0.25) is 0 Å². The third kappa shape index (κ3) is 3.82. The van der Waals surface area contributed by atoms with Crippen LogP contribution in [-0.4, -0.2) is 0 Å². The Morgan fingerprint density at radius 1 is 0.367 bits per heavy atom. The Balaban J connectivity index is 1.30. The highest BCUT2D eigenvalue weighted by Gasteiger charge is 2.19. The van der Waals surface area contributed by atoms with Crippen LogP contribution in [0.25, 0.3) is 109 Å². The van der Waals surface area contributed by atoms with Crippen molar-refractivity contribution in [3.63, 3.8) is 0 Å². The van der Waals surface area contributed by atoms with E-state index in [1.54, 1.807) is 0 Å². The van der Waals surface area contributed by atoms with Gasteiger partial charge in [-0.15, -0.1) is 0 Å². The molecule has 11 rings (SSSR count). The number of rotatable bonds is 2. The van der Waals surface area contributed by atoms with E-state index < -0.39 is 24.2 Å². The van der Waals surface area contributed by atoms with E-state index >= 15 is 0 Å². The molecular weight excluding hydrogens is 593 g/mol. The Kier molecular flexibility index (Phi) is 4.10. The van der Waals surface area contributed by atoms with E-state index in [9.17, 15) is 5.48 Å². The first-order valence-electron chi connectivity index (χ1n) is 20.3. The van der Waals surface area contributed by atoms with Crippen LogP contribution in [0.5, 0.6) is 0 Å². The first-order chi connectivity index (χ1) is 27.6. The maximum Gasteiger partial charge on any atom is 0.143 e. The molecule has 226 valence electrons. The summed E-state index contributed by atoms with van der Waals surface area (Å²) in [5.74, 6) is 0. The molecule has 0 saturated carbocycles. The Bertz CT molecular complexity index is 3540. The van der Waals surface area contributed by atoms with Gasteiger partial charge < -0.3 is 4.42 Å². The van der Waals surface area contributed by atoms with E-state index in [-0.39, 0.29) is 51.3 Å². The van der Waals surface area contributed by atoms with Gasteiger partial charge in [-0.25, -0.2) is 0 Å². The van der Waals surface area contributed by atoms with E-state index in [2.05, 4.69) is 30.3 Å². The quantitative estimate of drug-likeness (QED) is 0.137. The molecule has 0 aliphatic rings. The molecule has 0 bridgehead atoms. The summed E-state index contributed by atoms with van der Waals surface area (Å²) in [5.41, 5.74) is 2.93. The number of furan rings is 1. The Morgan fingerprint density at radius 2 is 0.857 bits per heavy atom. The van der Waals surface area contributed by atoms with Crippen molar-refractivity contribution in [2.24, 2.45) is 0 Å². The largest absolute Gasteiger partial charge is 0.455 e. The molecule has 0 fully saturated rings. The molecule has 0 amide bonds. The predicted octanol–water partition coefficient (Wildman–Crippen LogP) is 13.8. The second-order valence-corrected chi connectivity index (χ2v) is 12.6. The Labute approximate surface area is 293 Å². The molecular formula is C48H28O. The topological polar surface area (TPSA) is 13.1 Å². The van der Waals surface area contributed by atoms with Gasteiger partial charge in [0, 0.05) is 16.2 Å². The van der Waals surface area contributed by atoms with Crippen molar-refractivity contribution in [3.05, 3.63) is 170 Å². The summed E-state index contributed by atoms with van der Waals surface area (Å²) in [7, 11) is 0. The minimum absolute atomic E-state index is 0.166. The monoisotopic (exact) mass is 628 g/mol. The van der Waals surface area contributed by atoms with Gasteiger partial charge in [0.15, 0.2) is 0 Å². The van der Waals surface area contributed by atoms with E-state index in [4.69, 9.17) is 9.90 Å². The molecule has 0 spiro atoms. The zero-order valence-corrected chi connectivity index (χ0v) is 26.0. The lowest BCUT2D eigenvalue weighted by molar-refractivity contribution is 0.673. The van der Waals surface area contributed by atoms with Crippen LogP contribution in [-0.2, 0) is 0 Å². The number of benzene rings is 10. The highest BCUT2D eigenvalue weighted by Crippen LogP contribution is 2.46. The second kappa shape index (κ2) is 10.0. The molecule has 0 aliphatic carbocycles. The van der Waals surface area contributed by atoms with Gasteiger partial charge in [0.05, 0.1) is 11.0 Å². The molecule has 49 heavy (non-hydrogen) atoms. The normalized spacial score (nSPS) is 14.4. The van der Waals surface area contributed by atoms with Crippen molar-refractivity contribution in [1.29, 1.82) is 0 Å². The molecule has 0 aliphatic heterocycles. The van der Waals surface area contributed by atoms with Crippen molar-refractivity contribution < 1.29 is 15.4 Å². The van der Waals surface area contributed by atoms with Crippen molar-refractivity contribution in [3.8, 4) is 22.3 Å². The lowest BCUT2D eigenvalue weighted by atomic mass is 9.85. The fraction of sp³-hybridized carbons (Fsp3) is 0. The molecule has 0 atom stereocenters. The Morgan fingerprint density at radius 3 is 1.55 bits per heavy atom. The highest BCUT2D eigenvalue weighted by atomic mass is 16.3. The van der Waals surface area contributed by atoms with Gasteiger partial charge >= 0.3 is 0 Å². The van der Waals surface area contributed by atoms with Gasteiger partial charge in [-0.2, -0.15) is 0 Å². The maximum absolute atomic E-state index is 9.40. The van der Waals surface area contributed by atoms with Gasteiger partial charge in [0.2, 0.25) is 0 Å². The third-order valence-corrected chi connectivity index (χ3v) is 10.0. The van der Waals surface area contributed by atoms with Crippen molar-refractivity contribution in [2.75, 3.05) is 0 Å². The molecule has 1 heterocycles. The van der Waals surface area contributed by atoms with Crippen LogP contribution in [0.15, 0.2) is 174 Å². The Hall–Kier alpha value is -6.44. The second-order valence-electron chi connectivity index (χ2n) is 12.6. The van der Waals surface area contributed by atoms with Crippen LogP contribution < -0.4 is 0 Å². The summed E-state index contributed by atoms with van der Waals surface area (Å²) in [5, 5.41) is 10.6. The fourth-order valence-corrected chi connectivity index (χ4v) is 7.85. The minimum atomic E-state index is -0.437.